The molecule has 0 atom stereocenters. The molecule has 2 N–H and O–H groups in total. The van der Waals surface area contributed by atoms with Gasteiger partial charge >= 0.3 is 5.97 Å². The van der Waals surface area contributed by atoms with E-state index in [1.165, 1.54) is 0 Å². The van der Waals surface area contributed by atoms with Gasteiger partial charge in [-0.2, -0.15) is 0 Å². The molecular formula is C12H23NO5. The molecule has 1 heterocycles. The third-order valence-electron chi connectivity index (χ3n) is 2.70. The smallest absolute Gasteiger partial charge is 0.305 e. The Balaban J connectivity index is 1.76. The number of carboxylic acid groups (broad SMARTS) is 1. The van der Waals surface area contributed by atoms with Gasteiger partial charge in [-0.3, -0.25) is 4.79 Å². The minimum absolute atomic E-state index is 0.0405. The molecule has 0 amide bonds. The molecule has 6 heteroatoms. The van der Waals surface area contributed by atoms with Crippen molar-refractivity contribution in [3.05, 3.63) is 0 Å². The van der Waals surface area contributed by atoms with E-state index in [0.29, 0.717) is 32.5 Å². The number of nitrogens with one attached hydrogen (secondary N) is 1. The molecule has 0 saturated carbocycles. The second-order valence-corrected chi connectivity index (χ2v) is 4.19. The van der Waals surface area contributed by atoms with Crippen LogP contribution in [0.3, 0.4) is 0 Å². The first-order valence-electron chi connectivity index (χ1n) is 6.48. The molecule has 1 aliphatic rings. The van der Waals surface area contributed by atoms with Gasteiger partial charge < -0.3 is 24.6 Å². The number of hydrogen-bond donors (Lipinski definition) is 2. The Hall–Kier alpha value is -0.690. The van der Waals surface area contributed by atoms with Crippen LogP contribution in [0.25, 0.3) is 0 Å². The van der Waals surface area contributed by atoms with E-state index in [-0.39, 0.29) is 13.0 Å². The lowest BCUT2D eigenvalue weighted by molar-refractivity contribution is -0.138. The fraction of sp³-hybridized carbons (Fsp3) is 0.917. The largest absolute Gasteiger partial charge is 0.481 e. The van der Waals surface area contributed by atoms with Gasteiger partial charge in [0.2, 0.25) is 0 Å². The molecule has 0 aromatic heterocycles. The van der Waals surface area contributed by atoms with E-state index in [1.54, 1.807) is 0 Å². The highest BCUT2D eigenvalue weighted by Crippen LogP contribution is 2.06. The van der Waals surface area contributed by atoms with Crippen molar-refractivity contribution in [3.8, 4) is 0 Å². The highest BCUT2D eigenvalue weighted by Gasteiger charge is 2.12. The lowest BCUT2D eigenvalue weighted by atomic mass is 10.1. The summed E-state index contributed by atoms with van der Waals surface area (Å²) in [7, 11) is 0. The summed E-state index contributed by atoms with van der Waals surface area (Å²) < 4.78 is 16.1. The van der Waals surface area contributed by atoms with Crippen molar-refractivity contribution < 1.29 is 24.1 Å². The first-order chi connectivity index (χ1) is 8.79. The van der Waals surface area contributed by atoms with Crippen LogP contribution in [0.1, 0.15) is 19.3 Å². The van der Waals surface area contributed by atoms with E-state index in [4.69, 9.17) is 19.3 Å². The number of ether oxygens (including phenoxy) is 3. The highest BCUT2D eigenvalue weighted by molar-refractivity contribution is 5.66. The summed E-state index contributed by atoms with van der Waals surface area (Å²) in [6.45, 7) is 4.39. The standard InChI is InChI=1S/C12H23NO5/c14-12(15)3-6-16-7-8-17-9-10-18-11-1-4-13-5-2-11/h11,13H,1-10H2,(H,14,15). The van der Waals surface area contributed by atoms with Gasteiger partial charge in [0.15, 0.2) is 0 Å². The third kappa shape index (κ3) is 8.41. The normalized spacial score (nSPS) is 16.9. The molecular weight excluding hydrogens is 238 g/mol. The van der Waals surface area contributed by atoms with E-state index >= 15 is 0 Å². The lowest BCUT2D eigenvalue weighted by Crippen LogP contribution is -2.33. The predicted octanol–water partition coefficient (Wildman–Crippen LogP) is 0.263. The van der Waals surface area contributed by atoms with Crippen LogP contribution in [0, 0.1) is 0 Å². The number of carboxylic acids is 1. The molecule has 0 radical (unpaired) electrons. The Morgan fingerprint density at radius 1 is 1.06 bits per heavy atom. The average Bonchev–Trinajstić information content (AvgIpc) is 2.37. The summed E-state index contributed by atoms with van der Waals surface area (Å²) in [5, 5.41) is 11.7. The van der Waals surface area contributed by atoms with Crippen LogP contribution in [-0.2, 0) is 19.0 Å². The molecule has 18 heavy (non-hydrogen) atoms. The molecule has 1 saturated heterocycles. The van der Waals surface area contributed by atoms with Gasteiger partial charge in [-0.1, -0.05) is 0 Å². The van der Waals surface area contributed by atoms with Crippen molar-refractivity contribution in [2.45, 2.75) is 25.4 Å². The topological polar surface area (TPSA) is 77.0 Å². The maximum Gasteiger partial charge on any atom is 0.305 e. The third-order valence-corrected chi connectivity index (χ3v) is 2.70. The Kier molecular flexibility index (Phi) is 8.75. The predicted molar refractivity (Wildman–Crippen MR) is 65.7 cm³/mol. The minimum Gasteiger partial charge on any atom is -0.481 e. The van der Waals surface area contributed by atoms with Gasteiger partial charge in [0.05, 0.1) is 45.6 Å². The summed E-state index contributed by atoms with van der Waals surface area (Å²) in [5.74, 6) is -0.841. The van der Waals surface area contributed by atoms with Crippen LogP contribution in [0.15, 0.2) is 0 Å². The molecule has 1 rings (SSSR count). The summed E-state index contributed by atoms with van der Waals surface area (Å²) in [6, 6.07) is 0. The van der Waals surface area contributed by atoms with Crippen molar-refractivity contribution in [1.82, 2.24) is 5.32 Å². The molecule has 0 spiro atoms. The van der Waals surface area contributed by atoms with Gasteiger partial charge in [-0.15, -0.1) is 0 Å². The van der Waals surface area contributed by atoms with E-state index < -0.39 is 5.97 Å². The van der Waals surface area contributed by atoms with Crippen LogP contribution in [0.5, 0.6) is 0 Å². The SMILES string of the molecule is O=C(O)CCOCCOCCOC1CCNCC1. The summed E-state index contributed by atoms with van der Waals surface area (Å²) in [4.78, 5) is 10.2. The summed E-state index contributed by atoms with van der Waals surface area (Å²) in [5.41, 5.74) is 0. The van der Waals surface area contributed by atoms with E-state index in [9.17, 15) is 4.79 Å². The second kappa shape index (κ2) is 10.3. The number of carbonyl (C=O) groups is 1. The average molecular weight is 261 g/mol. The molecule has 1 aliphatic heterocycles. The zero-order valence-electron chi connectivity index (χ0n) is 10.7. The van der Waals surface area contributed by atoms with Crippen LogP contribution >= 0.6 is 0 Å². The molecule has 0 unspecified atom stereocenters. The number of piperidine rings is 1. The molecule has 0 aliphatic carbocycles. The second-order valence-electron chi connectivity index (χ2n) is 4.19. The Morgan fingerprint density at radius 2 is 1.67 bits per heavy atom. The fourth-order valence-corrected chi connectivity index (χ4v) is 1.72. The van der Waals surface area contributed by atoms with Crippen molar-refractivity contribution in [3.63, 3.8) is 0 Å². The van der Waals surface area contributed by atoms with Crippen LogP contribution in [0.4, 0.5) is 0 Å². The van der Waals surface area contributed by atoms with Crippen molar-refractivity contribution in [2.75, 3.05) is 46.1 Å². The highest BCUT2D eigenvalue weighted by atomic mass is 16.5. The minimum atomic E-state index is -0.841. The van der Waals surface area contributed by atoms with Gasteiger partial charge in [-0.05, 0) is 25.9 Å². The first-order valence-corrected chi connectivity index (χ1v) is 6.48. The van der Waals surface area contributed by atoms with E-state index in [0.717, 1.165) is 25.9 Å². The zero-order valence-corrected chi connectivity index (χ0v) is 10.7. The number of rotatable bonds is 10. The zero-order chi connectivity index (χ0) is 13.1. The van der Waals surface area contributed by atoms with Gasteiger partial charge in [0.25, 0.3) is 0 Å². The monoisotopic (exact) mass is 261 g/mol. The van der Waals surface area contributed by atoms with Crippen LogP contribution in [0.2, 0.25) is 0 Å². The molecule has 0 bridgehead atoms. The van der Waals surface area contributed by atoms with Gasteiger partial charge in [0, 0.05) is 0 Å². The van der Waals surface area contributed by atoms with Gasteiger partial charge in [0.1, 0.15) is 0 Å². The van der Waals surface area contributed by atoms with Crippen molar-refractivity contribution >= 4 is 5.97 Å². The Bertz CT molecular complexity index is 219. The molecule has 0 aromatic carbocycles. The maximum absolute atomic E-state index is 10.2. The summed E-state index contributed by atoms with van der Waals surface area (Å²) >= 11 is 0. The van der Waals surface area contributed by atoms with Crippen LogP contribution < -0.4 is 5.32 Å². The molecule has 106 valence electrons. The summed E-state index contributed by atoms with van der Waals surface area (Å²) in [6.07, 6.45) is 2.54. The fourth-order valence-electron chi connectivity index (χ4n) is 1.72. The first kappa shape index (κ1) is 15.4. The van der Waals surface area contributed by atoms with Crippen molar-refractivity contribution in [2.24, 2.45) is 0 Å². The molecule has 1 fully saturated rings. The lowest BCUT2D eigenvalue weighted by Gasteiger charge is -2.22. The van der Waals surface area contributed by atoms with Crippen LogP contribution in [-0.4, -0.2) is 63.3 Å². The Morgan fingerprint density at radius 3 is 2.33 bits per heavy atom. The number of aliphatic carboxylic acids is 1. The van der Waals surface area contributed by atoms with Gasteiger partial charge in [-0.25, -0.2) is 0 Å². The quantitative estimate of drug-likeness (QED) is 0.549. The van der Waals surface area contributed by atoms with Crippen molar-refractivity contribution in [1.29, 1.82) is 0 Å². The number of hydrogen-bond acceptors (Lipinski definition) is 5. The molecule has 0 aromatic rings. The maximum atomic E-state index is 10.2. The van der Waals surface area contributed by atoms with E-state index in [2.05, 4.69) is 5.32 Å². The Labute approximate surface area is 108 Å². The molecule has 6 nitrogen and oxygen atoms in total. The van der Waals surface area contributed by atoms with E-state index in [1.807, 2.05) is 0 Å².